The highest BCUT2D eigenvalue weighted by atomic mass is 35.5. The summed E-state index contributed by atoms with van der Waals surface area (Å²) in [7, 11) is 1.83. The third kappa shape index (κ3) is 2.76. The molecule has 0 radical (unpaired) electrons. The van der Waals surface area contributed by atoms with Crippen molar-refractivity contribution < 1.29 is 14.2 Å². The minimum absolute atomic E-state index is 0.0781. The number of benzene rings is 1. The highest BCUT2D eigenvalue weighted by Gasteiger charge is 2.23. The van der Waals surface area contributed by atoms with Gasteiger partial charge in [0.05, 0.1) is 11.6 Å². The molecule has 1 heterocycles. The molecular weight excluding hydrogens is 242 g/mol. The maximum atomic E-state index is 6.10. The van der Waals surface area contributed by atoms with Crippen molar-refractivity contribution >= 4 is 17.3 Å². The molecule has 1 N–H and O–H groups in total. The van der Waals surface area contributed by atoms with Gasteiger partial charge in [-0.1, -0.05) is 11.6 Å². The van der Waals surface area contributed by atoms with Crippen LogP contribution in [0.1, 0.15) is 6.92 Å². The SMILES string of the molecule is CCOCC1COc2c(Cl)cc(NC)cc2O1. The van der Waals surface area contributed by atoms with Crippen molar-refractivity contribution in [3.8, 4) is 11.5 Å². The number of halogens is 1. The molecule has 0 fully saturated rings. The van der Waals surface area contributed by atoms with Gasteiger partial charge in [-0.15, -0.1) is 0 Å². The van der Waals surface area contributed by atoms with Crippen LogP contribution in [0.5, 0.6) is 11.5 Å². The molecule has 0 aliphatic carbocycles. The van der Waals surface area contributed by atoms with Gasteiger partial charge in [-0.05, 0) is 13.0 Å². The van der Waals surface area contributed by atoms with Gasteiger partial charge < -0.3 is 19.5 Å². The Balaban J connectivity index is 2.15. The zero-order valence-corrected chi connectivity index (χ0v) is 10.7. The molecule has 4 nitrogen and oxygen atoms in total. The van der Waals surface area contributed by atoms with E-state index in [1.807, 2.05) is 26.1 Å². The third-order valence-electron chi connectivity index (χ3n) is 2.51. The van der Waals surface area contributed by atoms with E-state index in [9.17, 15) is 0 Å². The van der Waals surface area contributed by atoms with E-state index in [0.717, 1.165) is 5.69 Å². The summed E-state index contributed by atoms with van der Waals surface area (Å²) >= 11 is 6.10. The van der Waals surface area contributed by atoms with E-state index in [-0.39, 0.29) is 6.10 Å². The Kier molecular flexibility index (Phi) is 3.97. The average Bonchev–Trinajstić information content (AvgIpc) is 2.35. The van der Waals surface area contributed by atoms with Crippen LogP contribution in [0.3, 0.4) is 0 Å². The van der Waals surface area contributed by atoms with Gasteiger partial charge in [0.2, 0.25) is 0 Å². The van der Waals surface area contributed by atoms with E-state index in [4.69, 9.17) is 25.8 Å². The predicted octanol–water partition coefficient (Wildman–Crippen LogP) is 2.56. The van der Waals surface area contributed by atoms with Crippen molar-refractivity contribution in [2.24, 2.45) is 0 Å². The molecule has 0 saturated heterocycles. The molecule has 0 amide bonds. The van der Waals surface area contributed by atoms with Crippen molar-refractivity contribution in [3.05, 3.63) is 17.2 Å². The molecule has 1 atom stereocenters. The average molecular weight is 258 g/mol. The van der Waals surface area contributed by atoms with Gasteiger partial charge in [-0.25, -0.2) is 0 Å². The van der Waals surface area contributed by atoms with Crippen LogP contribution in [0.25, 0.3) is 0 Å². The van der Waals surface area contributed by atoms with Crippen LogP contribution in [0, 0.1) is 0 Å². The lowest BCUT2D eigenvalue weighted by atomic mass is 10.2. The maximum absolute atomic E-state index is 6.10. The molecule has 1 unspecified atom stereocenters. The fourth-order valence-electron chi connectivity index (χ4n) is 1.66. The molecule has 0 spiro atoms. The molecule has 94 valence electrons. The maximum Gasteiger partial charge on any atom is 0.180 e. The Morgan fingerprint density at radius 2 is 2.35 bits per heavy atom. The smallest absolute Gasteiger partial charge is 0.180 e. The monoisotopic (exact) mass is 257 g/mol. The molecule has 1 aliphatic heterocycles. The molecular formula is C12H16ClNO3. The summed E-state index contributed by atoms with van der Waals surface area (Å²) in [5.74, 6) is 1.27. The van der Waals surface area contributed by atoms with Gasteiger partial charge in [0.15, 0.2) is 17.6 Å². The molecule has 5 heteroatoms. The zero-order valence-electron chi connectivity index (χ0n) is 9.96. The summed E-state index contributed by atoms with van der Waals surface area (Å²) in [4.78, 5) is 0. The summed E-state index contributed by atoms with van der Waals surface area (Å²) in [6.07, 6.45) is -0.0781. The fraction of sp³-hybridized carbons (Fsp3) is 0.500. The van der Waals surface area contributed by atoms with Crippen LogP contribution in [0.4, 0.5) is 5.69 Å². The third-order valence-corrected chi connectivity index (χ3v) is 2.79. The molecule has 17 heavy (non-hydrogen) atoms. The van der Waals surface area contributed by atoms with Crippen molar-refractivity contribution in [1.29, 1.82) is 0 Å². The number of anilines is 1. The van der Waals surface area contributed by atoms with E-state index >= 15 is 0 Å². The lowest BCUT2D eigenvalue weighted by Crippen LogP contribution is -2.33. The zero-order chi connectivity index (χ0) is 12.3. The lowest BCUT2D eigenvalue weighted by Gasteiger charge is -2.27. The number of hydrogen-bond donors (Lipinski definition) is 1. The van der Waals surface area contributed by atoms with Crippen LogP contribution < -0.4 is 14.8 Å². The van der Waals surface area contributed by atoms with Crippen molar-refractivity contribution in [2.45, 2.75) is 13.0 Å². The van der Waals surface area contributed by atoms with E-state index in [1.54, 1.807) is 0 Å². The standard InChI is InChI=1S/C12H16ClNO3/c1-3-15-6-9-7-16-12-10(13)4-8(14-2)5-11(12)17-9/h4-5,9,14H,3,6-7H2,1-2H3. The molecule has 2 rings (SSSR count). The van der Waals surface area contributed by atoms with Crippen LogP contribution in [0.15, 0.2) is 12.1 Å². The predicted molar refractivity (Wildman–Crippen MR) is 67.4 cm³/mol. The minimum atomic E-state index is -0.0781. The van der Waals surface area contributed by atoms with Crippen LogP contribution >= 0.6 is 11.6 Å². The van der Waals surface area contributed by atoms with E-state index in [0.29, 0.717) is 36.3 Å². The summed E-state index contributed by atoms with van der Waals surface area (Å²) in [6, 6.07) is 3.69. The van der Waals surface area contributed by atoms with Crippen LogP contribution in [-0.2, 0) is 4.74 Å². The second-order valence-electron chi connectivity index (χ2n) is 3.75. The van der Waals surface area contributed by atoms with Gasteiger partial charge in [0.1, 0.15) is 6.61 Å². The summed E-state index contributed by atoms with van der Waals surface area (Å²) in [5.41, 5.74) is 0.898. The Labute approximate surface area is 106 Å². The van der Waals surface area contributed by atoms with Crippen molar-refractivity contribution in [3.63, 3.8) is 0 Å². The first-order valence-electron chi connectivity index (χ1n) is 5.63. The molecule has 0 saturated carbocycles. The molecule has 1 aliphatic rings. The fourth-order valence-corrected chi connectivity index (χ4v) is 1.93. The summed E-state index contributed by atoms with van der Waals surface area (Å²) in [6.45, 7) is 3.61. The second kappa shape index (κ2) is 5.47. The molecule has 0 bridgehead atoms. The van der Waals surface area contributed by atoms with Crippen molar-refractivity contribution in [1.82, 2.24) is 0 Å². The van der Waals surface area contributed by atoms with Gasteiger partial charge in [0, 0.05) is 25.4 Å². The minimum Gasteiger partial charge on any atom is -0.484 e. The number of ether oxygens (including phenoxy) is 3. The Bertz CT molecular complexity index is 398. The summed E-state index contributed by atoms with van der Waals surface area (Å²) in [5, 5.41) is 3.58. The topological polar surface area (TPSA) is 39.7 Å². The Morgan fingerprint density at radius 1 is 1.53 bits per heavy atom. The molecule has 1 aromatic rings. The van der Waals surface area contributed by atoms with Crippen molar-refractivity contribution in [2.75, 3.05) is 32.2 Å². The van der Waals surface area contributed by atoms with E-state index < -0.39 is 0 Å². The Hall–Kier alpha value is -1.13. The van der Waals surface area contributed by atoms with E-state index in [2.05, 4.69) is 5.32 Å². The number of fused-ring (bicyclic) bond motifs is 1. The Morgan fingerprint density at radius 3 is 3.06 bits per heavy atom. The normalized spacial score (nSPS) is 17.9. The van der Waals surface area contributed by atoms with Crippen LogP contribution in [0.2, 0.25) is 5.02 Å². The lowest BCUT2D eigenvalue weighted by molar-refractivity contribution is 0.0129. The van der Waals surface area contributed by atoms with Gasteiger partial charge in [0.25, 0.3) is 0 Å². The summed E-state index contributed by atoms with van der Waals surface area (Å²) < 4.78 is 16.7. The van der Waals surface area contributed by atoms with Crippen LogP contribution in [-0.4, -0.2) is 33.0 Å². The number of hydrogen-bond acceptors (Lipinski definition) is 4. The first-order chi connectivity index (χ1) is 8.24. The first kappa shape index (κ1) is 12.3. The largest absolute Gasteiger partial charge is 0.484 e. The van der Waals surface area contributed by atoms with E-state index in [1.165, 1.54) is 0 Å². The van der Waals surface area contributed by atoms with Gasteiger partial charge in [-0.2, -0.15) is 0 Å². The van der Waals surface area contributed by atoms with Gasteiger partial charge in [-0.3, -0.25) is 0 Å². The number of nitrogens with one attached hydrogen (secondary N) is 1. The molecule has 1 aromatic carbocycles. The molecule has 0 aromatic heterocycles. The quantitative estimate of drug-likeness (QED) is 0.900. The highest BCUT2D eigenvalue weighted by Crippen LogP contribution is 2.40. The van der Waals surface area contributed by atoms with Gasteiger partial charge >= 0.3 is 0 Å². The first-order valence-corrected chi connectivity index (χ1v) is 6.01. The number of rotatable bonds is 4. The highest BCUT2D eigenvalue weighted by molar-refractivity contribution is 6.32. The second-order valence-corrected chi connectivity index (χ2v) is 4.15.